The number of rotatable bonds is 1. The van der Waals surface area contributed by atoms with Gasteiger partial charge < -0.3 is 9.72 Å². The molecule has 0 atom stereocenters. The lowest BCUT2D eigenvalue weighted by atomic mass is 10.1. The zero-order valence-electron chi connectivity index (χ0n) is 12.6. The van der Waals surface area contributed by atoms with E-state index < -0.39 is 6.09 Å². The number of aromatic amines is 1. The van der Waals surface area contributed by atoms with Gasteiger partial charge in [-0.3, -0.25) is 4.79 Å². The minimum atomic E-state index is -0.680. The third-order valence-corrected chi connectivity index (χ3v) is 3.70. The molecule has 3 rings (SSSR count). The van der Waals surface area contributed by atoms with Crippen LogP contribution in [0.2, 0.25) is 0 Å². The van der Waals surface area contributed by atoms with Gasteiger partial charge >= 0.3 is 6.09 Å². The molecule has 0 fully saturated rings. The van der Waals surface area contributed by atoms with E-state index in [2.05, 4.69) is 4.98 Å². The van der Waals surface area contributed by atoms with E-state index in [0.29, 0.717) is 11.3 Å². The molecule has 112 valence electrons. The van der Waals surface area contributed by atoms with Gasteiger partial charge in [0.1, 0.15) is 0 Å². The molecule has 1 aliphatic rings. The van der Waals surface area contributed by atoms with Crippen LogP contribution in [0.25, 0.3) is 11.6 Å². The highest BCUT2D eigenvalue weighted by Gasteiger charge is 2.37. The fraction of sp³-hybridized carbons (Fsp3) is 0.176. The molecule has 1 aliphatic heterocycles. The van der Waals surface area contributed by atoms with E-state index >= 15 is 0 Å². The Labute approximate surface area is 128 Å². The van der Waals surface area contributed by atoms with Crippen LogP contribution in [0.15, 0.2) is 30.3 Å². The lowest BCUT2D eigenvalue weighted by molar-refractivity contribution is -0.112. The molecule has 5 heteroatoms. The Kier molecular flexibility index (Phi) is 3.33. The summed E-state index contributed by atoms with van der Waals surface area (Å²) >= 11 is 0. The van der Waals surface area contributed by atoms with Gasteiger partial charge in [0.15, 0.2) is 0 Å². The maximum absolute atomic E-state index is 12.6. The van der Waals surface area contributed by atoms with E-state index in [0.717, 1.165) is 27.4 Å². The maximum atomic E-state index is 12.6. The SMILES string of the molecule is COC(=O)N1C(=O)C(=Cc2[nH]c(C)cc2C)c2ccccc21. The Morgan fingerprint density at radius 1 is 1.27 bits per heavy atom. The third kappa shape index (κ3) is 2.11. The number of aryl methyl sites for hydroxylation is 2. The molecule has 1 aromatic heterocycles. The van der Waals surface area contributed by atoms with Gasteiger partial charge in [-0.25, -0.2) is 9.69 Å². The van der Waals surface area contributed by atoms with Crippen molar-refractivity contribution in [3.8, 4) is 0 Å². The number of para-hydroxylation sites is 1. The Balaban J connectivity index is 2.15. The van der Waals surface area contributed by atoms with Crippen LogP contribution in [0.5, 0.6) is 0 Å². The Morgan fingerprint density at radius 3 is 2.64 bits per heavy atom. The molecule has 0 radical (unpaired) electrons. The number of carbonyl (C=O) groups excluding carboxylic acids is 2. The third-order valence-electron chi connectivity index (χ3n) is 3.70. The second-order valence-electron chi connectivity index (χ2n) is 5.23. The molecule has 2 heterocycles. The van der Waals surface area contributed by atoms with Crippen molar-refractivity contribution in [2.75, 3.05) is 12.0 Å². The van der Waals surface area contributed by atoms with Crippen LogP contribution in [0.4, 0.5) is 10.5 Å². The van der Waals surface area contributed by atoms with E-state index in [4.69, 9.17) is 4.74 Å². The van der Waals surface area contributed by atoms with E-state index in [1.807, 2.05) is 32.0 Å². The highest BCUT2D eigenvalue weighted by Crippen LogP contribution is 2.38. The van der Waals surface area contributed by atoms with Crippen molar-refractivity contribution in [2.24, 2.45) is 0 Å². The first kappa shape index (κ1) is 14.1. The fourth-order valence-corrected chi connectivity index (χ4v) is 2.70. The number of fused-ring (bicyclic) bond motifs is 1. The van der Waals surface area contributed by atoms with Gasteiger partial charge in [-0.05, 0) is 37.6 Å². The summed E-state index contributed by atoms with van der Waals surface area (Å²) < 4.78 is 4.72. The molecular weight excluding hydrogens is 280 g/mol. The number of aromatic nitrogens is 1. The lowest BCUT2D eigenvalue weighted by Gasteiger charge is -2.12. The number of anilines is 1. The van der Waals surface area contributed by atoms with Gasteiger partial charge in [-0.15, -0.1) is 0 Å². The van der Waals surface area contributed by atoms with Gasteiger partial charge in [0.2, 0.25) is 0 Å². The number of H-pyrrole nitrogens is 1. The summed E-state index contributed by atoms with van der Waals surface area (Å²) in [5.74, 6) is -0.375. The van der Waals surface area contributed by atoms with Crippen LogP contribution in [-0.2, 0) is 9.53 Å². The molecule has 22 heavy (non-hydrogen) atoms. The van der Waals surface area contributed by atoms with Crippen LogP contribution in [0.3, 0.4) is 0 Å². The number of amides is 2. The minimum Gasteiger partial charge on any atom is -0.452 e. The van der Waals surface area contributed by atoms with E-state index in [1.54, 1.807) is 18.2 Å². The molecule has 1 aromatic carbocycles. The number of hydrogen-bond acceptors (Lipinski definition) is 3. The van der Waals surface area contributed by atoms with E-state index in [9.17, 15) is 9.59 Å². The lowest BCUT2D eigenvalue weighted by Crippen LogP contribution is -2.33. The van der Waals surface area contributed by atoms with Crippen LogP contribution >= 0.6 is 0 Å². The molecule has 2 aromatic rings. The summed E-state index contributed by atoms with van der Waals surface area (Å²) in [6.07, 6.45) is 1.10. The summed E-state index contributed by atoms with van der Waals surface area (Å²) in [7, 11) is 1.26. The predicted octanol–water partition coefficient (Wildman–Crippen LogP) is 3.29. The Hall–Kier alpha value is -2.82. The summed E-state index contributed by atoms with van der Waals surface area (Å²) in [6, 6.07) is 9.20. The number of ether oxygens (including phenoxy) is 1. The molecule has 0 spiro atoms. The first-order valence-corrected chi connectivity index (χ1v) is 6.92. The van der Waals surface area contributed by atoms with Crippen LogP contribution in [0.1, 0.15) is 22.5 Å². The second-order valence-corrected chi connectivity index (χ2v) is 5.23. The molecule has 0 bridgehead atoms. The highest BCUT2D eigenvalue weighted by atomic mass is 16.5. The van der Waals surface area contributed by atoms with Crippen molar-refractivity contribution in [1.82, 2.24) is 4.98 Å². The quantitative estimate of drug-likeness (QED) is 0.821. The number of hydrogen-bond donors (Lipinski definition) is 1. The Morgan fingerprint density at radius 2 is 2.00 bits per heavy atom. The van der Waals surface area contributed by atoms with Crippen molar-refractivity contribution in [3.05, 3.63) is 52.8 Å². The minimum absolute atomic E-state index is 0.375. The molecule has 5 nitrogen and oxygen atoms in total. The smallest absolute Gasteiger partial charge is 0.421 e. The van der Waals surface area contributed by atoms with Crippen LogP contribution in [0, 0.1) is 13.8 Å². The summed E-state index contributed by atoms with van der Waals surface area (Å²) in [5, 5.41) is 0. The topological polar surface area (TPSA) is 62.4 Å². The molecule has 0 saturated heterocycles. The van der Waals surface area contributed by atoms with Crippen molar-refractivity contribution in [3.63, 3.8) is 0 Å². The van der Waals surface area contributed by atoms with E-state index in [-0.39, 0.29) is 5.91 Å². The zero-order chi connectivity index (χ0) is 15.9. The second kappa shape index (κ2) is 5.18. The number of benzene rings is 1. The average Bonchev–Trinajstić information content (AvgIpc) is 2.96. The standard InChI is InChI=1S/C17H16N2O3/c1-10-8-11(2)18-14(10)9-13-12-6-4-5-7-15(12)19(16(13)20)17(21)22-3/h4-9,18H,1-3H3. The van der Waals surface area contributed by atoms with Gasteiger partial charge in [0.05, 0.1) is 18.4 Å². The molecule has 0 unspecified atom stereocenters. The van der Waals surface area contributed by atoms with Gasteiger partial charge in [-0.1, -0.05) is 18.2 Å². The highest BCUT2D eigenvalue weighted by molar-refractivity contribution is 6.41. The summed E-state index contributed by atoms with van der Waals surface area (Å²) in [5.41, 5.74) is 4.68. The van der Waals surface area contributed by atoms with Crippen molar-refractivity contribution in [2.45, 2.75) is 13.8 Å². The van der Waals surface area contributed by atoms with Crippen molar-refractivity contribution < 1.29 is 14.3 Å². The van der Waals surface area contributed by atoms with E-state index in [1.165, 1.54) is 7.11 Å². The van der Waals surface area contributed by atoms with Gasteiger partial charge in [0.25, 0.3) is 5.91 Å². The number of nitrogens with one attached hydrogen (secondary N) is 1. The molecule has 1 N–H and O–H groups in total. The first-order chi connectivity index (χ1) is 10.5. The number of methoxy groups -OCH3 is 1. The average molecular weight is 296 g/mol. The fourth-order valence-electron chi connectivity index (χ4n) is 2.70. The first-order valence-electron chi connectivity index (χ1n) is 6.92. The predicted molar refractivity (Wildman–Crippen MR) is 84.5 cm³/mol. The monoisotopic (exact) mass is 296 g/mol. The van der Waals surface area contributed by atoms with Crippen molar-refractivity contribution >= 4 is 29.3 Å². The Bertz CT molecular complexity index is 802. The largest absolute Gasteiger partial charge is 0.452 e. The number of carbonyl (C=O) groups is 2. The van der Waals surface area contributed by atoms with Crippen molar-refractivity contribution in [1.29, 1.82) is 0 Å². The molecular formula is C17H16N2O3. The maximum Gasteiger partial charge on any atom is 0.421 e. The molecule has 0 aliphatic carbocycles. The molecule has 0 saturated carbocycles. The summed E-state index contributed by atoms with van der Waals surface area (Å²) in [6.45, 7) is 3.93. The van der Waals surface area contributed by atoms with Gasteiger partial charge in [0, 0.05) is 17.0 Å². The molecule has 2 amide bonds. The van der Waals surface area contributed by atoms with Gasteiger partial charge in [-0.2, -0.15) is 0 Å². The number of nitrogens with zero attached hydrogens (tertiary/aromatic N) is 1. The van der Waals surface area contributed by atoms with Crippen LogP contribution < -0.4 is 4.90 Å². The summed E-state index contributed by atoms with van der Waals surface area (Å²) in [4.78, 5) is 28.8. The zero-order valence-corrected chi connectivity index (χ0v) is 12.6. The number of imide groups is 1. The van der Waals surface area contributed by atoms with Crippen LogP contribution in [-0.4, -0.2) is 24.1 Å². The normalized spacial score (nSPS) is 15.3.